The van der Waals surface area contributed by atoms with Gasteiger partial charge in [0.25, 0.3) is 5.91 Å². The summed E-state index contributed by atoms with van der Waals surface area (Å²) in [6, 6.07) is 5.78. The van der Waals surface area contributed by atoms with Gasteiger partial charge in [-0.2, -0.15) is 4.98 Å². The lowest BCUT2D eigenvalue weighted by molar-refractivity contribution is 0.0923. The number of aliphatic hydroxyl groups is 1. The highest BCUT2D eigenvalue weighted by molar-refractivity contribution is 6.31. The van der Waals surface area contributed by atoms with Gasteiger partial charge in [-0.15, -0.1) is 0 Å². The number of nitrogens with zero attached hydrogens (tertiary/aromatic N) is 3. The highest BCUT2D eigenvalue weighted by Crippen LogP contribution is 2.45. The van der Waals surface area contributed by atoms with Crippen LogP contribution in [0.3, 0.4) is 0 Å². The fourth-order valence-corrected chi connectivity index (χ4v) is 5.33. The summed E-state index contributed by atoms with van der Waals surface area (Å²) in [4.78, 5) is 24.7. The Morgan fingerprint density at radius 1 is 1.21 bits per heavy atom. The number of hydrogen-bond acceptors (Lipinski definition) is 6. The number of aliphatic hydroxyl groups excluding tert-OH is 1. The monoisotopic (exact) mass is 469 g/mol. The van der Waals surface area contributed by atoms with Gasteiger partial charge in [0.15, 0.2) is 0 Å². The van der Waals surface area contributed by atoms with Crippen LogP contribution in [0.5, 0.6) is 0 Å². The number of anilines is 2. The molecule has 2 heterocycles. The first kappa shape index (κ1) is 22.4. The van der Waals surface area contributed by atoms with Crippen LogP contribution < -0.4 is 15.5 Å². The van der Waals surface area contributed by atoms with E-state index in [9.17, 15) is 9.90 Å². The molecule has 1 aliphatic heterocycles. The molecule has 8 heteroatoms. The molecule has 2 atom stereocenters. The molecule has 0 spiro atoms. The lowest BCUT2D eigenvalue weighted by atomic mass is 9.87. The SMILES string of the molecule is C[C@H]1CC[C@H](NC(=O)c2cnc(N3CC4CC4C3)nc2NCc2ccc(CO)c(Cl)c2)CC1. The fraction of sp³-hybridized carbons (Fsp3) is 0.560. The Balaban J connectivity index is 1.34. The van der Waals surface area contributed by atoms with Crippen molar-refractivity contribution in [2.24, 2.45) is 17.8 Å². The zero-order valence-corrected chi connectivity index (χ0v) is 19.8. The van der Waals surface area contributed by atoms with Gasteiger partial charge in [0.05, 0.1) is 6.61 Å². The van der Waals surface area contributed by atoms with E-state index in [4.69, 9.17) is 16.6 Å². The van der Waals surface area contributed by atoms with Gasteiger partial charge in [0.1, 0.15) is 11.4 Å². The number of hydrogen-bond donors (Lipinski definition) is 3. The highest BCUT2D eigenvalue weighted by atomic mass is 35.5. The summed E-state index contributed by atoms with van der Waals surface area (Å²) in [5.41, 5.74) is 2.12. The van der Waals surface area contributed by atoms with E-state index in [0.29, 0.717) is 34.5 Å². The zero-order chi connectivity index (χ0) is 22.9. The van der Waals surface area contributed by atoms with Crippen molar-refractivity contribution in [3.8, 4) is 0 Å². The Bertz CT molecular complexity index is 1010. The molecule has 1 aromatic heterocycles. The molecular weight excluding hydrogens is 438 g/mol. The Morgan fingerprint density at radius 2 is 1.97 bits per heavy atom. The van der Waals surface area contributed by atoms with Crippen LogP contribution in [0.4, 0.5) is 11.8 Å². The predicted octanol–water partition coefficient (Wildman–Crippen LogP) is 4.00. The number of nitrogens with one attached hydrogen (secondary N) is 2. The van der Waals surface area contributed by atoms with Gasteiger partial charge < -0.3 is 20.6 Å². The molecule has 3 fully saturated rings. The van der Waals surface area contributed by atoms with Crippen molar-refractivity contribution in [1.29, 1.82) is 0 Å². The third-order valence-corrected chi connectivity index (χ3v) is 7.73. The van der Waals surface area contributed by atoms with Crippen molar-refractivity contribution in [2.75, 3.05) is 23.3 Å². The molecule has 1 saturated heterocycles. The number of halogens is 1. The largest absolute Gasteiger partial charge is 0.392 e. The first-order chi connectivity index (χ1) is 16.0. The summed E-state index contributed by atoms with van der Waals surface area (Å²) in [5, 5.41) is 16.4. The molecule has 33 heavy (non-hydrogen) atoms. The first-order valence-corrected chi connectivity index (χ1v) is 12.4. The number of carbonyl (C=O) groups is 1. The molecule has 5 rings (SSSR count). The van der Waals surface area contributed by atoms with Gasteiger partial charge >= 0.3 is 0 Å². The lowest BCUT2D eigenvalue weighted by Crippen LogP contribution is -2.38. The third-order valence-electron chi connectivity index (χ3n) is 7.38. The summed E-state index contributed by atoms with van der Waals surface area (Å²) in [6.07, 6.45) is 7.30. The average molecular weight is 470 g/mol. The van der Waals surface area contributed by atoms with Crippen LogP contribution in [0.1, 0.15) is 60.5 Å². The zero-order valence-electron chi connectivity index (χ0n) is 19.1. The lowest BCUT2D eigenvalue weighted by Gasteiger charge is -2.27. The molecule has 1 amide bonds. The van der Waals surface area contributed by atoms with E-state index in [-0.39, 0.29) is 18.6 Å². The smallest absolute Gasteiger partial charge is 0.256 e. The van der Waals surface area contributed by atoms with Crippen LogP contribution in [0.15, 0.2) is 24.4 Å². The van der Waals surface area contributed by atoms with Crippen LogP contribution >= 0.6 is 11.6 Å². The molecule has 2 unspecified atom stereocenters. The summed E-state index contributed by atoms with van der Waals surface area (Å²) in [5.74, 6) is 3.38. The van der Waals surface area contributed by atoms with Gasteiger partial charge in [0.2, 0.25) is 5.95 Å². The van der Waals surface area contributed by atoms with E-state index in [1.54, 1.807) is 6.20 Å². The minimum absolute atomic E-state index is 0.0934. The molecule has 0 bridgehead atoms. The molecule has 3 N–H and O–H groups in total. The first-order valence-electron chi connectivity index (χ1n) is 12.0. The molecule has 2 saturated carbocycles. The van der Waals surface area contributed by atoms with Crippen LogP contribution in [-0.2, 0) is 13.2 Å². The van der Waals surface area contributed by atoms with Crippen LogP contribution in [0, 0.1) is 17.8 Å². The standard InChI is InChI=1S/C25H32ClN5O2/c1-15-2-6-20(7-3-15)29-24(33)21-11-28-25(31-12-18-9-19(18)13-31)30-23(21)27-10-16-4-5-17(14-32)22(26)8-16/h4-5,8,11,15,18-20,32H,2-3,6-7,9-10,12-14H2,1H3,(H,29,33)(H,27,28,30)/t15-,18?,19?,20-. The highest BCUT2D eigenvalue weighted by Gasteiger charge is 2.46. The Morgan fingerprint density at radius 3 is 2.67 bits per heavy atom. The van der Waals surface area contributed by atoms with Gasteiger partial charge in [-0.3, -0.25) is 4.79 Å². The molecule has 2 aromatic rings. The van der Waals surface area contributed by atoms with Crippen LogP contribution in [-0.4, -0.2) is 40.1 Å². The van der Waals surface area contributed by atoms with Crippen molar-refractivity contribution < 1.29 is 9.90 Å². The van der Waals surface area contributed by atoms with Crippen molar-refractivity contribution in [3.05, 3.63) is 46.1 Å². The molecule has 7 nitrogen and oxygen atoms in total. The summed E-state index contributed by atoms with van der Waals surface area (Å²) < 4.78 is 0. The van der Waals surface area contributed by atoms with E-state index in [1.807, 2.05) is 18.2 Å². The summed E-state index contributed by atoms with van der Waals surface area (Å²) in [7, 11) is 0. The van der Waals surface area contributed by atoms with Gasteiger partial charge in [0, 0.05) is 36.9 Å². The molecule has 176 valence electrons. The number of carbonyl (C=O) groups excluding carboxylic acids is 1. The Kier molecular flexibility index (Phi) is 6.43. The van der Waals surface area contributed by atoms with Crippen molar-refractivity contribution in [1.82, 2.24) is 15.3 Å². The molecule has 0 radical (unpaired) electrons. The van der Waals surface area contributed by atoms with Gasteiger partial charge in [-0.1, -0.05) is 30.7 Å². The number of amides is 1. The summed E-state index contributed by atoms with van der Waals surface area (Å²) in [6.45, 7) is 4.63. The second-order valence-corrected chi connectivity index (χ2v) is 10.4. The van der Waals surface area contributed by atoms with Gasteiger partial charge in [-0.05, 0) is 67.1 Å². The minimum Gasteiger partial charge on any atom is -0.392 e. The minimum atomic E-state index is -0.124. The van der Waals surface area contributed by atoms with Crippen LogP contribution in [0.2, 0.25) is 5.02 Å². The second kappa shape index (κ2) is 9.47. The van der Waals surface area contributed by atoms with Crippen molar-refractivity contribution in [2.45, 2.75) is 58.2 Å². The molecular formula is C25H32ClN5O2. The number of fused-ring (bicyclic) bond motifs is 1. The number of benzene rings is 1. The topological polar surface area (TPSA) is 90.4 Å². The fourth-order valence-electron chi connectivity index (χ4n) is 5.07. The van der Waals surface area contributed by atoms with Crippen molar-refractivity contribution >= 4 is 29.3 Å². The van der Waals surface area contributed by atoms with Crippen LogP contribution in [0.25, 0.3) is 0 Å². The second-order valence-electron chi connectivity index (χ2n) is 9.96. The van der Waals surface area contributed by atoms with E-state index < -0.39 is 0 Å². The maximum absolute atomic E-state index is 13.2. The Hall–Kier alpha value is -2.38. The molecule has 3 aliphatic rings. The molecule has 2 aliphatic carbocycles. The van der Waals surface area contributed by atoms with E-state index in [1.165, 1.54) is 6.42 Å². The number of aromatic nitrogens is 2. The van der Waals surface area contributed by atoms with Crippen molar-refractivity contribution in [3.63, 3.8) is 0 Å². The quantitative estimate of drug-likeness (QED) is 0.567. The third kappa shape index (κ3) is 5.09. The van der Waals surface area contributed by atoms with E-state index in [0.717, 1.165) is 62.1 Å². The number of rotatable bonds is 7. The predicted molar refractivity (Wildman–Crippen MR) is 129 cm³/mol. The van der Waals surface area contributed by atoms with E-state index >= 15 is 0 Å². The maximum atomic E-state index is 13.2. The summed E-state index contributed by atoms with van der Waals surface area (Å²) >= 11 is 6.26. The average Bonchev–Trinajstić information content (AvgIpc) is 3.43. The molecule has 1 aromatic carbocycles. The Labute approximate surface area is 200 Å². The number of piperidine rings is 1. The van der Waals surface area contributed by atoms with E-state index in [2.05, 4.69) is 27.4 Å². The normalized spacial score (nSPS) is 26.1. The maximum Gasteiger partial charge on any atom is 0.256 e. The van der Waals surface area contributed by atoms with Gasteiger partial charge in [-0.25, -0.2) is 4.98 Å².